The molecule has 0 radical (unpaired) electrons. The topological polar surface area (TPSA) is 55.1 Å². The van der Waals surface area contributed by atoms with Gasteiger partial charge in [-0.05, 0) is 73.9 Å². The van der Waals surface area contributed by atoms with E-state index in [1.54, 1.807) is 30.3 Å². The van der Waals surface area contributed by atoms with E-state index in [-0.39, 0.29) is 5.91 Å². The number of nitrogens with one attached hydrogen (secondary N) is 1. The molecule has 0 saturated carbocycles. The quantitative estimate of drug-likeness (QED) is 0.385. The Balaban J connectivity index is 1.69. The number of oxazole rings is 1. The van der Waals surface area contributed by atoms with Gasteiger partial charge in [0.15, 0.2) is 5.58 Å². The van der Waals surface area contributed by atoms with Crippen molar-refractivity contribution in [2.24, 2.45) is 0 Å². The molecule has 0 aliphatic rings. The zero-order chi connectivity index (χ0) is 20.7. The maximum Gasteiger partial charge on any atom is 0.257 e. The van der Waals surface area contributed by atoms with Crippen LogP contribution in [0.25, 0.3) is 22.6 Å². The molecule has 3 aromatic carbocycles. The minimum Gasteiger partial charge on any atom is -0.436 e. The van der Waals surface area contributed by atoms with E-state index in [4.69, 9.17) is 27.6 Å². The summed E-state index contributed by atoms with van der Waals surface area (Å²) >= 11 is 12.6. The molecule has 0 bridgehead atoms. The van der Waals surface area contributed by atoms with E-state index in [1.807, 2.05) is 39.0 Å². The average molecular weight is 425 g/mol. The van der Waals surface area contributed by atoms with Crippen LogP contribution in [0, 0.1) is 20.8 Å². The second kappa shape index (κ2) is 7.54. The molecule has 1 aromatic heterocycles. The molecule has 0 fully saturated rings. The van der Waals surface area contributed by atoms with Crippen LogP contribution >= 0.6 is 23.2 Å². The number of carbonyl (C=O) groups is 1. The fourth-order valence-electron chi connectivity index (χ4n) is 3.26. The number of halogens is 2. The first-order valence-corrected chi connectivity index (χ1v) is 9.82. The van der Waals surface area contributed by atoms with Gasteiger partial charge in [0, 0.05) is 5.69 Å². The zero-order valence-corrected chi connectivity index (χ0v) is 17.7. The number of hydrogen-bond acceptors (Lipinski definition) is 3. The lowest BCUT2D eigenvalue weighted by molar-refractivity contribution is 0.102. The van der Waals surface area contributed by atoms with Gasteiger partial charge in [-0.25, -0.2) is 4.98 Å². The number of fused-ring (bicyclic) bond motifs is 1. The van der Waals surface area contributed by atoms with Gasteiger partial charge in [0.25, 0.3) is 5.91 Å². The average Bonchev–Trinajstić information content (AvgIpc) is 3.07. The van der Waals surface area contributed by atoms with E-state index in [0.29, 0.717) is 32.8 Å². The summed E-state index contributed by atoms with van der Waals surface area (Å²) in [6, 6.07) is 14.5. The molecule has 1 heterocycles. The molecule has 0 aliphatic heterocycles. The molecule has 0 atom stereocenters. The van der Waals surface area contributed by atoms with Gasteiger partial charge < -0.3 is 9.73 Å². The van der Waals surface area contributed by atoms with Crippen LogP contribution in [-0.2, 0) is 0 Å². The summed E-state index contributed by atoms with van der Waals surface area (Å²) in [4.78, 5) is 17.2. The summed E-state index contributed by atoms with van der Waals surface area (Å²) < 4.78 is 5.97. The molecule has 4 nitrogen and oxygen atoms in total. The summed E-state index contributed by atoms with van der Waals surface area (Å²) in [5, 5.41) is 3.75. The van der Waals surface area contributed by atoms with Gasteiger partial charge in [0.1, 0.15) is 5.52 Å². The molecule has 4 rings (SSSR count). The molecular weight excluding hydrogens is 407 g/mol. The number of nitrogens with zero attached hydrogens (tertiary/aromatic N) is 1. The van der Waals surface area contributed by atoms with Crippen LogP contribution in [0.15, 0.2) is 52.9 Å². The van der Waals surface area contributed by atoms with Crippen LogP contribution in [-0.4, -0.2) is 10.9 Å². The second-order valence-corrected chi connectivity index (χ2v) is 7.90. The molecule has 6 heteroatoms. The van der Waals surface area contributed by atoms with Gasteiger partial charge >= 0.3 is 0 Å². The smallest absolute Gasteiger partial charge is 0.257 e. The molecule has 29 heavy (non-hydrogen) atoms. The van der Waals surface area contributed by atoms with Gasteiger partial charge in [-0.3, -0.25) is 4.79 Å². The summed E-state index contributed by atoms with van der Waals surface area (Å²) in [6.07, 6.45) is 0. The van der Waals surface area contributed by atoms with Gasteiger partial charge in [-0.1, -0.05) is 35.3 Å². The summed E-state index contributed by atoms with van der Waals surface area (Å²) in [5.74, 6) is 0.107. The highest BCUT2D eigenvalue weighted by Crippen LogP contribution is 2.33. The Morgan fingerprint density at radius 3 is 2.48 bits per heavy atom. The van der Waals surface area contributed by atoms with Gasteiger partial charge in [-0.2, -0.15) is 0 Å². The largest absolute Gasteiger partial charge is 0.436 e. The number of anilines is 1. The second-order valence-electron chi connectivity index (χ2n) is 7.08. The predicted molar refractivity (Wildman–Crippen MR) is 118 cm³/mol. The number of hydrogen-bond donors (Lipinski definition) is 1. The van der Waals surface area contributed by atoms with Crippen molar-refractivity contribution in [1.29, 1.82) is 0 Å². The molecule has 0 saturated heterocycles. The minimum absolute atomic E-state index is 0.299. The molecule has 1 amide bonds. The van der Waals surface area contributed by atoms with Crippen molar-refractivity contribution in [1.82, 2.24) is 4.98 Å². The monoisotopic (exact) mass is 424 g/mol. The highest BCUT2D eigenvalue weighted by atomic mass is 35.5. The Morgan fingerprint density at radius 2 is 1.72 bits per heavy atom. The summed E-state index contributed by atoms with van der Waals surface area (Å²) in [6.45, 7) is 5.91. The van der Waals surface area contributed by atoms with E-state index in [0.717, 1.165) is 27.8 Å². The first-order chi connectivity index (χ1) is 13.8. The van der Waals surface area contributed by atoms with E-state index in [9.17, 15) is 4.79 Å². The third-order valence-corrected chi connectivity index (χ3v) is 5.29. The Bertz CT molecular complexity index is 1260. The van der Waals surface area contributed by atoms with E-state index < -0.39 is 0 Å². The normalized spacial score (nSPS) is 11.1. The van der Waals surface area contributed by atoms with Gasteiger partial charge in [-0.15, -0.1) is 0 Å². The van der Waals surface area contributed by atoms with Gasteiger partial charge in [0.05, 0.1) is 21.2 Å². The Morgan fingerprint density at radius 1 is 0.931 bits per heavy atom. The Hall–Kier alpha value is -2.82. The van der Waals surface area contributed by atoms with E-state index >= 15 is 0 Å². The number of amides is 1. The lowest BCUT2D eigenvalue weighted by Gasteiger charge is -2.09. The van der Waals surface area contributed by atoms with Crippen molar-refractivity contribution in [2.75, 3.05) is 5.32 Å². The van der Waals surface area contributed by atoms with Crippen molar-refractivity contribution >= 4 is 45.9 Å². The van der Waals surface area contributed by atoms with E-state index in [1.165, 1.54) is 0 Å². The van der Waals surface area contributed by atoms with Crippen molar-refractivity contribution in [3.05, 3.63) is 80.8 Å². The lowest BCUT2D eigenvalue weighted by Crippen LogP contribution is -2.12. The summed E-state index contributed by atoms with van der Waals surface area (Å²) in [5.41, 5.74) is 6.18. The fraction of sp³-hybridized carbons (Fsp3) is 0.130. The number of aromatic nitrogens is 1. The molecule has 0 unspecified atom stereocenters. The number of aryl methyl sites for hydroxylation is 3. The number of rotatable bonds is 3. The molecule has 4 aromatic rings. The fourth-order valence-corrected chi connectivity index (χ4v) is 3.78. The van der Waals surface area contributed by atoms with Crippen LogP contribution in [0.2, 0.25) is 10.0 Å². The van der Waals surface area contributed by atoms with Crippen LogP contribution in [0.4, 0.5) is 5.69 Å². The SMILES string of the molecule is Cc1ccc(C(=O)Nc2ccc(Cl)c(-c3nc4cc(C)cc(C)c4o3)c2)c(Cl)c1. The maximum absolute atomic E-state index is 12.6. The van der Waals surface area contributed by atoms with Crippen molar-refractivity contribution in [3.8, 4) is 11.5 Å². The zero-order valence-electron chi connectivity index (χ0n) is 16.1. The standard InChI is InChI=1S/C23H18Cl2N2O2/c1-12-4-6-16(19(25)9-12)22(28)26-15-5-7-18(24)17(11-15)23-27-20-10-13(2)8-14(3)21(20)29-23/h4-11H,1-3H3,(H,26,28). The Labute approximate surface area is 178 Å². The Kier molecular flexibility index (Phi) is 5.07. The van der Waals surface area contributed by atoms with Crippen molar-refractivity contribution in [3.63, 3.8) is 0 Å². The van der Waals surface area contributed by atoms with Crippen LogP contribution < -0.4 is 5.32 Å². The molecule has 0 aliphatic carbocycles. The lowest BCUT2D eigenvalue weighted by atomic mass is 10.1. The third-order valence-electron chi connectivity index (χ3n) is 4.64. The molecule has 1 N–H and O–H groups in total. The number of carbonyl (C=O) groups excluding carboxylic acids is 1. The maximum atomic E-state index is 12.6. The first-order valence-electron chi connectivity index (χ1n) is 9.07. The molecule has 146 valence electrons. The molecule has 0 spiro atoms. The highest BCUT2D eigenvalue weighted by molar-refractivity contribution is 6.34. The highest BCUT2D eigenvalue weighted by Gasteiger charge is 2.16. The number of benzene rings is 3. The van der Waals surface area contributed by atoms with Crippen molar-refractivity contribution < 1.29 is 9.21 Å². The first kappa shape index (κ1) is 19.5. The minimum atomic E-state index is -0.299. The van der Waals surface area contributed by atoms with Crippen molar-refractivity contribution in [2.45, 2.75) is 20.8 Å². The van der Waals surface area contributed by atoms with Crippen LogP contribution in [0.5, 0.6) is 0 Å². The third kappa shape index (κ3) is 3.86. The predicted octanol–water partition coefficient (Wildman–Crippen LogP) is 6.98. The van der Waals surface area contributed by atoms with Crippen LogP contribution in [0.1, 0.15) is 27.0 Å². The van der Waals surface area contributed by atoms with Gasteiger partial charge in [0.2, 0.25) is 5.89 Å². The van der Waals surface area contributed by atoms with E-state index in [2.05, 4.69) is 10.3 Å². The summed E-state index contributed by atoms with van der Waals surface area (Å²) in [7, 11) is 0. The molecular formula is C23H18Cl2N2O2. The van der Waals surface area contributed by atoms with Crippen LogP contribution in [0.3, 0.4) is 0 Å².